The second-order valence-electron chi connectivity index (χ2n) is 7.10. The summed E-state index contributed by atoms with van der Waals surface area (Å²) < 4.78 is 44.8. The Hall–Kier alpha value is -3.92. The normalized spacial score (nSPS) is 11.3. The summed E-state index contributed by atoms with van der Waals surface area (Å²) in [5.74, 6) is 0.571. The Morgan fingerprint density at radius 3 is 2.59 bits per heavy atom. The van der Waals surface area contributed by atoms with E-state index in [9.17, 15) is 18.0 Å². The van der Waals surface area contributed by atoms with E-state index < -0.39 is 17.3 Å². The molecule has 0 saturated heterocycles. The average molecular weight is 488 g/mol. The number of anilines is 1. The van der Waals surface area contributed by atoms with E-state index in [4.69, 9.17) is 16.3 Å². The first-order chi connectivity index (χ1) is 16.3. The van der Waals surface area contributed by atoms with E-state index in [2.05, 4.69) is 20.4 Å². The third-order valence-corrected chi connectivity index (χ3v) is 5.07. The van der Waals surface area contributed by atoms with Crippen LogP contribution in [0.2, 0.25) is 5.02 Å². The molecule has 0 aliphatic heterocycles. The Balaban J connectivity index is 1.44. The molecule has 0 aliphatic carbocycles. The molecular formula is C23H17ClF3N5O2. The molecule has 0 bridgehead atoms. The van der Waals surface area contributed by atoms with Gasteiger partial charge in [0.15, 0.2) is 5.82 Å². The zero-order chi connectivity index (χ0) is 24.1. The molecule has 0 spiro atoms. The van der Waals surface area contributed by atoms with Crippen molar-refractivity contribution < 1.29 is 17.9 Å². The number of aromatic nitrogens is 4. The van der Waals surface area contributed by atoms with Crippen LogP contribution in [-0.4, -0.2) is 19.7 Å². The minimum atomic E-state index is -4.53. The van der Waals surface area contributed by atoms with E-state index in [-0.39, 0.29) is 16.5 Å². The second kappa shape index (κ2) is 9.92. The first-order valence-electron chi connectivity index (χ1n) is 9.98. The topological polar surface area (TPSA) is 81.9 Å². The van der Waals surface area contributed by atoms with Crippen molar-refractivity contribution in [3.05, 3.63) is 105 Å². The van der Waals surface area contributed by atoms with Crippen molar-refractivity contribution in [2.75, 3.05) is 5.32 Å². The molecule has 0 fully saturated rings. The van der Waals surface area contributed by atoms with Crippen LogP contribution in [-0.2, 0) is 19.3 Å². The summed E-state index contributed by atoms with van der Waals surface area (Å²) in [4.78, 5) is 20.5. The Morgan fingerprint density at radius 2 is 1.88 bits per heavy atom. The predicted molar refractivity (Wildman–Crippen MR) is 120 cm³/mol. The highest BCUT2D eigenvalue weighted by Crippen LogP contribution is 2.28. The van der Waals surface area contributed by atoms with E-state index in [1.165, 1.54) is 6.20 Å². The molecule has 3 heterocycles. The number of rotatable bonds is 7. The van der Waals surface area contributed by atoms with Crippen molar-refractivity contribution in [1.82, 2.24) is 19.7 Å². The third kappa shape index (κ3) is 5.52. The molecule has 1 N–H and O–H groups in total. The number of pyridine rings is 2. The zero-order valence-electron chi connectivity index (χ0n) is 17.5. The summed E-state index contributed by atoms with van der Waals surface area (Å²) in [5, 5.41) is 6.84. The van der Waals surface area contributed by atoms with Crippen molar-refractivity contribution in [2.24, 2.45) is 0 Å². The molecule has 0 atom stereocenters. The van der Waals surface area contributed by atoms with Gasteiger partial charge in [-0.3, -0.25) is 9.78 Å². The van der Waals surface area contributed by atoms with Crippen LogP contribution >= 0.6 is 11.6 Å². The first-order valence-corrected chi connectivity index (χ1v) is 10.4. The second-order valence-corrected chi connectivity index (χ2v) is 7.48. The molecule has 174 valence electrons. The lowest BCUT2D eigenvalue weighted by molar-refractivity contribution is -0.137. The molecule has 0 amide bonds. The fourth-order valence-electron chi connectivity index (χ4n) is 2.98. The third-order valence-electron chi connectivity index (χ3n) is 4.71. The van der Waals surface area contributed by atoms with Crippen LogP contribution in [0, 0.1) is 0 Å². The number of nitrogens with zero attached hydrogens (tertiary/aromatic N) is 4. The molecule has 1 aromatic carbocycles. The maximum Gasteiger partial charge on any atom is 0.417 e. The predicted octanol–water partition coefficient (Wildman–Crippen LogP) is 4.89. The van der Waals surface area contributed by atoms with Gasteiger partial charge in [-0.2, -0.15) is 23.0 Å². The van der Waals surface area contributed by atoms with E-state index in [0.29, 0.717) is 25.1 Å². The lowest BCUT2D eigenvalue weighted by atomic mass is 10.2. The minimum absolute atomic E-state index is 0.0794. The van der Waals surface area contributed by atoms with E-state index >= 15 is 0 Å². The van der Waals surface area contributed by atoms with Crippen LogP contribution < -0.4 is 15.6 Å². The van der Waals surface area contributed by atoms with E-state index in [1.54, 1.807) is 6.20 Å². The molecule has 4 aromatic rings. The van der Waals surface area contributed by atoms with Gasteiger partial charge in [0, 0.05) is 18.9 Å². The summed E-state index contributed by atoms with van der Waals surface area (Å²) in [7, 11) is 0. The summed E-state index contributed by atoms with van der Waals surface area (Å²) in [6, 6.07) is 14.8. The maximum atomic E-state index is 12.7. The van der Waals surface area contributed by atoms with Gasteiger partial charge < -0.3 is 10.1 Å². The highest BCUT2D eigenvalue weighted by Gasteiger charge is 2.30. The van der Waals surface area contributed by atoms with Crippen molar-refractivity contribution in [2.45, 2.75) is 19.3 Å². The molecule has 7 nitrogen and oxygen atoms in total. The summed E-state index contributed by atoms with van der Waals surface area (Å²) >= 11 is 6.19. The lowest BCUT2D eigenvalue weighted by Crippen LogP contribution is -2.23. The Labute approximate surface area is 196 Å². The van der Waals surface area contributed by atoms with E-state index in [1.807, 2.05) is 42.5 Å². The molecule has 0 radical (unpaired) electrons. The SMILES string of the molecule is O=c1c(Cl)c(NCc2cccc(OCc3ccccn3)c2)cnn1-c1ccc(C(F)(F)F)cn1. The van der Waals surface area contributed by atoms with Crippen LogP contribution in [0.4, 0.5) is 18.9 Å². The van der Waals surface area contributed by atoms with Gasteiger partial charge in [-0.1, -0.05) is 29.8 Å². The van der Waals surface area contributed by atoms with Gasteiger partial charge in [0.1, 0.15) is 17.4 Å². The van der Waals surface area contributed by atoms with Gasteiger partial charge in [-0.25, -0.2) is 4.98 Å². The number of benzene rings is 1. The van der Waals surface area contributed by atoms with Crippen LogP contribution in [0.3, 0.4) is 0 Å². The number of halogens is 4. The Morgan fingerprint density at radius 1 is 1.03 bits per heavy atom. The number of ether oxygens (including phenoxy) is 1. The summed E-state index contributed by atoms with van der Waals surface area (Å²) in [6.45, 7) is 0.647. The minimum Gasteiger partial charge on any atom is -0.487 e. The molecule has 0 unspecified atom stereocenters. The Kier molecular flexibility index (Phi) is 6.78. The van der Waals surface area contributed by atoms with Crippen LogP contribution in [0.5, 0.6) is 5.75 Å². The maximum absolute atomic E-state index is 12.7. The molecule has 3 aromatic heterocycles. The first kappa shape index (κ1) is 23.2. The van der Waals surface area contributed by atoms with Crippen LogP contribution in [0.1, 0.15) is 16.8 Å². The summed E-state index contributed by atoms with van der Waals surface area (Å²) in [5.41, 5.74) is 0.288. The van der Waals surface area contributed by atoms with Crippen LogP contribution in [0.25, 0.3) is 5.82 Å². The lowest BCUT2D eigenvalue weighted by Gasteiger charge is -2.12. The number of hydrogen-bond acceptors (Lipinski definition) is 6. The van der Waals surface area contributed by atoms with Gasteiger partial charge in [0.2, 0.25) is 0 Å². The van der Waals surface area contributed by atoms with Crippen molar-refractivity contribution >= 4 is 17.3 Å². The number of alkyl halides is 3. The zero-order valence-corrected chi connectivity index (χ0v) is 18.2. The smallest absolute Gasteiger partial charge is 0.417 e. The summed E-state index contributed by atoms with van der Waals surface area (Å²) in [6.07, 6.45) is -0.897. The Bertz CT molecular complexity index is 1330. The van der Waals surface area contributed by atoms with Gasteiger partial charge in [0.05, 0.1) is 23.1 Å². The standard InChI is InChI=1S/C23H17ClF3N5O2/c24-21-19(13-31-32(22(21)33)20-8-7-16(12-30-20)23(25,26)27)29-11-15-4-3-6-18(10-15)34-14-17-5-1-2-9-28-17/h1-10,12-13,29H,11,14H2. The molecular weight excluding hydrogens is 471 g/mol. The van der Waals surface area contributed by atoms with Gasteiger partial charge >= 0.3 is 6.18 Å². The highest BCUT2D eigenvalue weighted by molar-refractivity contribution is 6.32. The molecule has 4 rings (SSSR count). The van der Waals surface area contributed by atoms with Gasteiger partial charge in [-0.05, 0) is 42.0 Å². The van der Waals surface area contributed by atoms with E-state index in [0.717, 1.165) is 28.1 Å². The molecule has 34 heavy (non-hydrogen) atoms. The largest absolute Gasteiger partial charge is 0.487 e. The monoisotopic (exact) mass is 487 g/mol. The molecule has 0 saturated carbocycles. The fraction of sp³-hybridized carbons (Fsp3) is 0.130. The van der Waals surface area contributed by atoms with Gasteiger partial charge in [0.25, 0.3) is 5.56 Å². The molecule has 11 heteroatoms. The fourth-order valence-corrected chi connectivity index (χ4v) is 3.18. The van der Waals surface area contributed by atoms with Gasteiger partial charge in [-0.15, -0.1) is 0 Å². The number of hydrogen-bond donors (Lipinski definition) is 1. The highest BCUT2D eigenvalue weighted by atomic mass is 35.5. The average Bonchev–Trinajstić information content (AvgIpc) is 2.84. The number of nitrogens with one attached hydrogen (secondary N) is 1. The molecule has 0 aliphatic rings. The van der Waals surface area contributed by atoms with Crippen molar-refractivity contribution in [1.29, 1.82) is 0 Å². The van der Waals surface area contributed by atoms with Crippen molar-refractivity contribution in [3.8, 4) is 11.6 Å². The quantitative estimate of drug-likeness (QED) is 0.400. The van der Waals surface area contributed by atoms with Crippen molar-refractivity contribution in [3.63, 3.8) is 0 Å². The van der Waals surface area contributed by atoms with Crippen LogP contribution in [0.15, 0.2) is 78.0 Å².